The summed E-state index contributed by atoms with van der Waals surface area (Å²) in [5.41, 5.74) is 1.09. The summed E-state index contributed by atoms with van der Waals surface area (Å²) in [5, 5.41) is 4.79. The predicted molar refractivity (Wildman–Crippen MR) is 90.4 cm³/mol. The number of amides is 1. The maximum Gasteiger partial charge on any atom is 0.275 e. The molecule has 3 fully saturated rings. The van der Waals surface area contributed by atoms with Crippen molar-refractivity contribution < 1.29 is 14.4 Å². The van der Waals surface area contributed by atoms with E-state index in [2.05, 4.69) is 15.3 Å². The SMILES string of the molecule is Cc1csc(CN2CC[C@H]3C[C@@H](C(=O)N4CCCCO4)O[C@@H]3C2)n1. The highest BCUT2D eigenvalue weighted by Crippen LogP contribution is 2.34. The van der Waals surface area contributed by atoms with Crippen LogP contribution in [-0.4, -0.2) is 59.3 Å². The van der Waals surface area contributed by atoms with Crippen molar-refractivity contribution in [3.63, 3.8) is 0 Å². The average Bonchev–Trinajstić information content (AvgIpc) is 3.20. The number of hydrogen-bond acceptors (Lipinski definition) is 6. The van der Waals surface area contributed by atoms with Crippen molar-refractivity contribution in [3.05, 3.63) is 16.1 Å². The lowest BCUT2D eigenvalue weighted by molar-refractivity contribution is -0.206. The Kier molecular flexibility index (Phi) is 4.85. The van der Waals surface area contributed by atoms with Gasteiger partial charge >= 0.3 is 0 Å². The molecule has 0 N–H and O–H groups in total. The molecule has 0 radical (unpaired) electrons. The highest BCUT2D eigenvalue weighted by atomic mass is 32.1. The number of hydrogen-bond donors (Lipinski definition) is 0. The number of rotatable bonds is 3. The molecule has 0 bridgehead atoms. The van der Waals surface area contributed by atoms with E-state index in [-0.39, 0.29) is 18.1 Å². The molecule has 4 rings (SSSR count). The molecule has 132 valence electrons. The van der Waals surface area contributed by atoms with Gasteiger partial charge < -0.3 is 4.74 Å². The molecule has 0 saturated carbocycles. The van der Waals surface area contributed by atoms with Gasteiger partial charge in [-0.05, 0) is 45.1 Å². The maximum atomic E-state index is 12.6. The first-order valence-electron chi connectivity index (χ1n) is 8.92. The van der Waals surface area contributed by atoms with E-state index in [9.17, 15) is 4.79 Å². The molecule has 0 aromatic carbocycles. The fourth-order valence-corrected chi connectivity index (χ4v) is 4.71. The van der Waals surface area contributed by atoms with Gasteiger partial charge in [-0.15, -0.1) is 11.3 Å². The minimum atomic E-state index is -0.319. The Labute approximate surface area is 146 Å². The molecule has 3 saturated heterocycles. The van der Waals surface area contributed by atoms with E-state index in [1.807, 2.05) is 6.92 Å². The van der Waals surface area contributed by atoms with Crippen LogP contribution in [-0.2, 0) is 20.9 Å². The van der Waals surface area contributed by atoms with Gasteiger partial charge in [-0.2, -0.15) is 0 Å². The zero-order chi connectivity index (χ0) is 16.5. The van der Waals surface area contributed by atoms with Crippen LogP contribution in [0.4, 0.5) is 0 Å². The van der Waals surface area contributed by atoms with Crippen molar-refractivity contribution in [2.24, 2.45) is 5.92 Å². The number of nitrogens with zero attached hydrogens (tertiary/aromatic N) is 3. The van der Waals surface area contributed by atoms with E-state index in [1.165, 1.54) is 10.1 Å². The lowest BCUT2D eigenvalue weighted by Gasteiger charge is -2.33. The molecule has 7 heteroatoms. The smallest absolute Gasteiger partial charge is 0.275 e. The molecule has 6 nitrogen and oxygen atoms in total. The van der Waals surface area contributed by atoms with E-state index < -0.39 is 0 Å². The highest BCUT2D eigenvalue weighted by molar-refractivity contribution is 7.09. The van der Waals surface area contributed by atoms with Crippen molar-refractivity contribution in [2.75, 3.05) is 26.2 Å². The Balaban J connectivity index is 1.32. The quantitative estimate of drug-likeness (QED) is 0.834. The molecular weight excluding hydrogens is 326 g/mol. The third kappa shape index (κ3) is 3.49. The van der Waals surface area contributed by atoms with Crippen molar-refractivity contribution in [1.82, 2.24) is 14.9 Å². The summed E-state index contributed by atoms with van der Waals surface area (Å²) < 4.78 is 6.12. The summed E-state index contributed by atoms with van der Waals surface area (Å²) >= 11 is 1.72. The molecule has 0 spiro atoms. The van der Waals surface area contributed by atoms with Crippen molar-refractivity contribution in [3.8, 4) is 0 Å². The van der Waals surface area contributed by atoms with Crippen LogP contribution in [0, 0.1) is 12.8 Å². The summed E-state index contributed by atoms with van der Waals surface area (Å²) in [4.78, 5) is 25.0. The molecule has 0 unspecified atom stereocenters. The lowest BCUT2D eigenvalue weighted by Crippen LogP contribution is -2.43. The number of carbonyl (C=O) groups excluding carboxylic acids is 1. The van der Waals surface area contributed by atoms with Crippen LogP contribution < -0.4 is 0 Å². The second-order valence-corrected chi connectivity index (χ2v) is 7.99. The van der Waals surface area contributed by atoms with Gasteiger partial charge in [0.15, 0.2) is 0 Å². The number of carbonyl (C=O) groups is 1. The van der Waals surface area contributed by atoms with Gasteiger partial charge in [-0.25, -0.2) is 10.0 Å². The third-order valence-corrected chi connectivity index (χ3v) is 6.14. The van der Waals surface area contributed by atoms with Gasteiger partial charge in [0.2, 0.25) is 0 Å². The van der Waals surface area contributed by atoms with E-state index in [1.54, 1.807) is 11.3 Å². The Morgan fingerprint density at radius 2 is 2.33 bits per heavy atom. The molecule has 1 aromatic heterocycles. The van der Waals surface area contributed by atoms with Gasteiger partial charge in [0.05, 0.1) is 19.3 Å². The lowest BCUT2D eigenvalue weighted by atomic mass is 9.91. The normalized spacial score (nSPS) is 31.2. The van der Waals surface area contributed by atoms with E-state index in [4.69, 9.17) is 9.57 Å². The van der Waals surface area contributed by atoms with Gasteiger partial charge in [-0.1, -0.05) is 0 Å². The Morgan fingerprint density at radius 3 is 3.08 bits per heavy atom. The molecule has 3 aliphatic heterocycles. The Bertz CT molecular complexity index is 587. The number of hydroxylamine groups is 2. The number of aryl methyl sites for hydroxylation is 1. The zero-order valence-corrected chi connectivity index (χ0v) is 15.0. The number of likely N-dealkylation sites (tertiary alicyclic amines) is 1. The number of thiazole rings is 1. The van der Waals surface area contributed by atoms with Gasteiger partial charge in [-0.3, -0.25) is 14.5 Å². The van der Waals surface area contributed by atoms with Crippen LogP contribution in [0.3, 0.4) is 0 Å². The fraction of sp³-hybridized carbons (Fsp3) is 0.765. The predicted octanol–water partition coefficient (Wildman–Crippen LogP) is 1.98. The maximum absolute atomic E-state index is 12.6. The summed E-state index contributed by atoms with van der Waals surface area (Å²) in [7, 11) is 0. The Morgan fingerprint density at radius 1 is 1.42 bits per heavy atom. The molecule has 24 heavy (non-hydrogen) atoms. The summed E-state index contributed by atoms with van der Waals surface area (Å²) in [6.07, 6.45) is 3.84. The average molecular weight is 351 g/mol. The molecule has 1 amide bonds. The standard InChI is InChI=1S/C17H25N3O3S/c1-12-11-24-16(18-12)10-19-6-4-13-8-14(23-15(13)9-19)17(21)20-5-2-3-7-22-20/h11,13-15H,2-10H2,1H3/t13-,14-,15+/m0/s1. The van der Waals surface area contributed by atoms with Crippen LogP contribution in [0.1, 0.15) is 36.4 Å². The minimum absolute atomic E-state index is 0.0196. The second-order valence-electron chi connectivity index (χ2n) is 7.05. The topological polar surface area (TPSA) is 54.9 Å². The Hall–Kier alpha value is -1.02. The minimum Gasteiger partial charge on any atom is -0.363 e. The van der Waals surface area contributed by atoms with Crippen LogP contribution in [0.2, 0.25) is 0 Å². The molecule has 3 aliphatic rings. The molecule has 0 aliphatic carbocycles. The number of fused-ring (bicyclic) bond motifs is 1. The van der Waals surface area contributed by atoms with Crippen LogP contribution in [0.15, 0.2) is 5.38 Å². The van der Waals surface area contributed by atoms with Crippen molar-refractivity contribution >= 4 is 17.2 Å². The van der Waals surface area contributed by atoms with Crippen molar-refractivity contribution in [1.29, 1.82) is 0 Å². The van der Waals surface area contributed by atoms with Crippen LogP contribution in [0.5, 0.6) is 0 Å². The largest absolute Gasteiger partial charge is 0.363 e. The molecule has 1 aromatic rings. The van der Waals surface area contributed by atoms with Crippen molar-refractivity contribution in [2.45, 2.75) is 51.4 Å². The first kappa shape index (κ1) is 16.4. The fourth-order valence-electron chi connectivity index (χ4n) is 3.89. The molecule has 4 heterocycles. The monoisotopic (exact) mass is 351 g/mol. The van der Waals surface area contributed by atoms with Gasteiger partial charge in [0.25, 0.3) is 5.91 Å². The summed E-state index contributed by atoms with van der Waals surface area (Å²) in [6.45, 7) is 6.22. The first-order chi connectivity index (χ1) is 11.7. The van der Waals surface area contributed by atoms with Gasteiger partial charge in [0, 0.05) is 24.2 Å². The molecule has 3 atom stereocenters. The number of piperidine rings is 1. The number of aromatic nitrogens is 1. The summed E-state index contributed by atoms with van der Waals surface area (Å²) in [6, 6.07) is 0. The van der Waals surface area contributed by atoms with E-state index >= 15 is 0 Å². The third-order valence-electron chi connectivity index (χ3n) is 5.19. The van der Waals surface area contributed by atoms with E-state index in [0.717, 1.165) is 51.0 Å². The number of ether oxygens (including phenoxy) is 1. The van der Waals surface area contributed by atoms with Crippen LogP contribution >= 0.6 is 11.3 Å². The zero-order valence-electron chi connectivity index (χ0n) is 14.1. The van der Waals surface area contributed by atoms with E-state index in [0.29, 0.717) is 19.1 Å². The highest BCUT2D eigenvalue weighted by Gasteiger charge is 2.43. The van der Waals surface area contributed by atoms with Gasteiger partial charge in [0.1, 0.15) is 11.1 Å². The van der Waals surface area contributed by atoms with Crippen LogP contribution in [0.25, 0.3) is 0 Å². The first-order valence-corrected chi connectivity index (χ1v) is 9.80. The molecular formula is C17H25N3O3S. The summed E-state index contributed by atoms with van der Waals surface area (Å²) in [5.74, 6) is 0.518. The second kappa shape index (κ2) is 7.07.